The Kier molecular flexibility index (Phi) is 7.34. The lowest BCUT2D eigenvalue weighted by Crippen LogP contribution is -2.38. The van der Waals surface area contributed by atoms with Crippen molar-refractivity contribution in [2.45, 2.75) is 0 Å². The van der Waals surface area contributed by atoms with Crippen LogP contribution < -0.4 is 36.7 Å². The third-order valence-corrected chi connectivity index (χ3v) is 11.0. The average Bonchev–Trinajstić information content (AvgIpc) is 2.92. The zero-order valence-corrected chi connectivity index (χ0v) is 21.8. The van der Waals surface area contributed by atoms with Crippen molar-refractivity contribution in [3.05, 3.63) is 134 Å². The van der Waals surface area contributed by atoms with Gasteiger partial charge in [-0.1, -0.05) is 121 Å². The quantitative estimate of drug-likeness (QED) is 0.309. The molecular weight excluding hydrogens is 462 g/mol. The zero-order valence-electron chi connectivity index (χ0n) is 20.0. The molecular formula is C31H28N2P2. The fourth-order valence-corrected chi connectivity index (χ4v) is 9.74. The van der Waals surface area contributed by atoms with Crippen molar-refractivity contribution in [3.8, 4) is 0 Å². The first-order chi connectivity index (χ1) is 17.2. The highest BCUT2D eigenvalue weighted by molar-refractivity contribution is 7.85. The van der Waals surface area contributed by atoms with Crippen molar-refractivity contribution in [1.29, 1.82) is 0 Å². The highest BCUT2D eigenvalue weighted by Gasteiger charge is 2.29. The van der Waals surface area contributed by atoms with Crippen molar-refractivity contribution in [2.75, 3.05) is 19.0 Å². The third kappa shape index (κ3) is 5.06. The Morgan fingerprint density at radius 1 is 0.486 bits per heavy atom. The number of benzene rings is 4. The molecule has 172 valence electrons. The minimum atomic E-state index is -0.821. The molecule has 35 heavy (non-hydrogen) atoms. The first-order valence-electron chi connectivity index (χ1n) is 11.7. The number of hydrogen-bond donors (Lipinski definition) is 0. The van der Waals surface area contributed by atoms with Gasteiger partial charge in [0.15, 0.2) is 0 Å². The molecule has 0 radical (unpaired) electrons. The Balaban J connectivity index is 1.84. The van der Waals surface area contributed by atoms with Gasteiger partial charge in [-0.05, 0) is 48.4 Å². The van der Waals surface area contributed by atoms with Crippen molar-refractivity contribution in [3.63, 3.8) is 0 Å². The molecule has 0 spiro atoms. The number of nitrogens with zero attached hydrogens (tertiary/aromatic N) is 2. The minimum absolute atomic E-state index is 0.771. The first-order valence-corrected chi connectivity index (χ1v) is 14.4. The van der Waals surface area contributed by atoms with Crippen molar-refractivity contribution >= 4 is 53.5 Å². The molecule has 0 saturated carbocycles. The van der Waals surface area contributed by atoms with Crippen LogP contribution in [0.25, 0.3) is 0 Å². The number of rotatable bonds is 7. The van der Waals surface area contributed by atoms with Gasteiger partial charge in [-0.25, -0.2) is 4.98 Å². The molecule has 0 unspecified atom stereocenters. The van der Waals surface area contributed by atoms with E-state index in [0.717, 1.165) is 5.82 Å². The maximum absolute atomic E-state index is 4.93. The van der Waals surface area contributed by atoms with E-state index in [4.69, 9.17) is 4.98 Å². The van der Waals surface area contributed by atoms with Gasteiger partial charge in [0.1, 0.15) is 5.82 Å². The van der Waals surface area contributed by atoms with Gasteiger partial charge in [0.05, 0.1) is 0 Å². The Bertz CT molecular complexity index is 1280. The predicted molar refractivity (Wildman–Crippen MR) is 156 cm³/mol. The van der Waals surface area contributed by atoms with Crippen LogP contribution in [0, 0.1) is 0 Å². The van der Waals surface area contributed by atoms with Crippen LogP contribution in [0.4, 0.5) is 5.82 Å². The Morgan fingerprint density at radius 3 is 1.23 bits per heavy atom. The molecule has 2 nitrogen and oxygen atoms in total. The van der Waals surface area contributed by atoms with Gasteiger partial charge in [-0.2, -0.15) is 0 Å². The molecule has 1 aromatic heterocycles. The molecule has 5 rings (SSSR count). The SMILES string of the molecule is CN(C)c1nccc(P(c2ccccc2)c2ccccc2)c1P(c1ccccc1)c1ccccc1. The van der Waals surface area contributed by atoms with Crippen LogP contribution in [0.3, 0.4) is 0 Å². The van der Waals surface area contributed by atoms with Gasteiger partial charge < -0.3 is 4.90 Å². The maximum atomic E-state index is 4.93. The fraction of sp³-hybridized carbons (Fsp3) is 0.0645. The van der Waals surface area contributed by atoms with Crippen LogP contribution in [0.1, 0.15) is 0 Å². The predicted octanol–water partition coefficient (Wildman–Crippen LogP) is 4.66. The molecule has 4 heteroatoms. The summed E-state index contributed by atoms with van der Waals surface area (Å²) in [6.07, 6.45) is 1.98. The van der Waals surface area contributed by atoms with Crippen LogP contribution >= 0.6 is 15.8 Å². The van der Waals surface area contributed by atoms with Gasteiger partial charge in [-0.3, -0.25) is 0 Å². The van der Waals surface area contributed by atoms with Crippen LogP contribution in [0.2, 0.25) is 0 Å². The van der Waals surface area contributed by atoms with Crippen LogP contribution in [-0.2, 0) is 0 Å². The topological polar surface area (TPSA) is 16.1 Å². The summed E-state index contributed by atoms with van der Waals surface area (Å²) in [7, 11) is 2.61. The molecule has 5 aromatic rings. The second kappa shape index (κ2) is 11.0. The standard InChI is InChI=1S/C31H28N2P2/c1-33(2)31-30(35(27-19-11-5-12-20-27)28-21-13-6-14-22-28)29(23-24-32-31)34(25-15-7-3-8-16-25)26-17-9-4-10-18-26/h3-24H,1-2H3. The molecule has 0 saturated heterocycles. The van der Waals surface area contributed by atoms with Crippen LogP contribution in [-0.4, -0.2) is 19.1 Å². The molecule has 0 aliphatic carbocycles. The largest absolute Gasteiger partial charge is 0.362 e. The summed E-state index contributed by atoms with van der Waals surface area (Å²) >= 11 is 0. The molecule has 0 atom stereocenters. The van der Waals surface area contributed by atoms with Crippen molar-refractivity contribution in [2.24, 2.45) is 0 Å². The fourth-order valence-electron chi connectivity index (χ4n) is 4.30. The van der Waals surface area contributed by atoms with E-state index in [9.17, 15) is 0 Å². The minimum Gasteiger partial charge on any atom is -0.362 e. The summed E-state index contributed by atoms with van der Waals surface area (Å²) < 4.78 is 0. The summed E-state index contributed by atoms with van der Waals surface area (Å²) in [4.78, 5) is 7.10. The monoisotopic (exact) mass is 490 g/mol. The molecule has 0 aliphatic heterocycles. The summed E-state index contributed by atoms with van der Waals surface area (Å²) in [5, 5.41) is 8.08. The van der Waals surface area contributed by atoms with Crippen LogP contribution in [0.5, 0.6) is 0 Å². The van der Waals surface area contributed by atoms with E-state index in [-0.39, 0.29) is 0 Å². The second-order valence-corrected chi connectivity index (χ2v) is 12.7. The lowest BCUT2D eigenvalue weighted by molar-refractivity contribution is 1.08. The van der Waals surface area contributed by atoms with Gasteiger partial charge in [-0.15, -0.1) is 0 Å². The van der Waals surface area contributed by atoms with Crippen molar-refractivity contribution < 1.29 is 0 Å². The number of anilines is 1. The van der Waals surface area contributed by atoms with Crippen LogP contribution in [0.15, 0.2) is 134 Å². The van der Waals surface area contributed by atoms with E-state index in [1.807, 2.05) is 6.20 Å². The molecule has 0 N–H and O–H groups in total. The molecule has 0 aliphatic rings. The van der Waals surface area contributed by atoms with Gasteiger partial charge in [0.25, 0.3) is 0 Å². The van der Waals surface area contributed by atoms with E-state index in [1.54, 1.807) is 0 Å². The van der Waals surface area contributed by atoms with E-state index in [2.05, 4.69) is 146 Å². The first kappa shape index (κ1) is 23.4. The molecule has 4 aromatic carbocycles. The lowest BCUT2D eigenvalue weighted by Gasteiger charge is -2.30. The van der Waals surface area contributed by atoms with E-state index >= 15 is 0 Å². The maximum Gasteiger partial charge on any atom is 0.137 e. The average molecular weight is 491 g/mol. The highest BCUT2D eigenvalue weighted by Crippen LogP contribution is 2.41. The Labute approximate surface area is 210 Å². The summed E-state index contributed by atoms with van der Waals surface area (Å²) in [5.74, 6) is 1.04. The van der Waals surface area contributed by atoms with Gasteiger partial charge in [0.2, 0.25) is 0 Å². The molecule has 0 fully saturated rings. The molecule has 0 amide bonds. The normalized spacial score (nSPS) is 11.1. The van der Waals surface area contributed by atoms with Crippen molar-refractivity contribution in [1.82, 2.24) is 4.98 Å². The second-order valence-electron chi connectivity index (χ2n) is 8.41. The number of pyridine rings is 1. The van der Waals surface area contributed by atoms with E-state index in [1.165, 1.54) is 31.8 Å². The van der Waals surface area contributed by atoms with E-state index in [0.29, 0.717) is 0 Å². The third-order valence-electron chi connectivity index (χ3n) is 5.83. The summed E-state index contributed by atoms with van der Waals surface area (Å²) in [5.41, 5.74) is 0. The highest BCUT2D eigenvalue weighted by atomic mass is 31.1. The zero-order chi connectivity index (χ0) is 24.0. The van der Waals surface area contributed by atoms with Gasteiger partial charge in [0, 0.05) is 25.6 Å². The summed E-state index contributed by atoms with van der Waals surface area (Å²) in [6, 6.07) is 46.0. The molecule has 1 heterocycles. The number of aromatic nitrogens is 1. The molecule has 0 bridgehead atoms. The van der Waals surface area contributed by atoms with E-state index < -0.39 is 15.8 Å². The number of hydrogen-bond acceptors (Lipinski definition) is 2. The lowest BCUT2D eigenvalue weighted by atomic mass is 10.4. The smallest absolute Gasteiger partial charge is 0.137 e. The van der Waals surface area contributed by atoms with Gasteiger partial charge >= 0.3 is 0 Å². The Morgan fingerprint density at radius 2 is 0.857 bits per heavy atom. The summed E-state index contributed by atoms with van der Waals surface area (Å²) in [6.45, 7) is 0. The Hall–Kier alpha value is -3.31.